The molecule has 0 radical (unpaired) electrons. The van der Waals surface area contributed by atoms with Crippen LogP contribution in [0.1, 0.15) is 31.3 Å². The standard InChI is InChI=1S/C19H23FN4O3/c1-5-19(10-27-16-9-21-12(3)23-11(16)2)7-13(19)18(25)24-17-6-15(26-4)14(20)8-22-17/h6,8-9,13H,5,7,10H2,1-4H3,(H,22,24,25)/t13-,19+/m0/s1. The lowest BCUT2D eigenvalue weighted by Gasteiger charge is -2.17. The van der Waals surface area contributed by atoms with E-state index in [0.717, 1.165) is 24.7 Å². The van der Waals surface area contributed by atoms with Crippen LogP contribution < -0.4 is 14.8 Å². The van der Waals surface area contributed by atoms with Crippen LogP contribution >= 0.6 is 0 Å². The number of aryl methyl sites for hydroxylation is 2. The first-order valence-corrected chi connectivity index (χ1v) is 8.82. The van der Waals surface area contributed by atoms with E-state index in [0.29, 0.717) is 18.2 Å². The van der Waals surface area contributed by atoms with Crippen LogP contribution in [0.25, 0.3) is 0 Å². The van der Waals surface area contributed by atoms with Crippen LogP contribution in [0.15, 0.2) is 18.5 Å². The lowest BCUT2D eigenvalue weighted by molar-refractivity contribution is -0.118. The summed E-state index contributed by atoms with van der Waals surface area (Å²) in [4.78, 5) is 24.9. The molecule has 8 heteroatoms. The molecule has 7 nitrogen and oxygen atoms in total. The lowest BCUT2D eigenvalue weighted by Crippen LogP contribution is -2.23. The maximum absolute atomic E-state index is 13.4. The van der Waals surface area contributed by atoms with Crippen LogP contribution in [-0.4, -0.2) is 34.6 Å². The Morgan fingerprint density at radius 3 is 2.78 bits per heavy atom. The van der Waals surface area contributed by atoms with Crippen molar-refractivity contribution in [3.63, 3.8) is 0 Å². The predicted molar refractivity (Wildman–Crippen MR) is 97.2 cm³/mol. The first-order valence-electron chi connectivity index (χ1n) is 8.82. The largest absolute Gasteiger partial charge is 0.493 e. The number of methoxy groups -OCH3 is 1. The Balaban J connectivity index is 1.63. The van der Waals surface area contributed by atoms with Gasteiger partial charge in [0.1, 0.15) is 11.6 Å². The SMILES string of the molecule is CC[C@]1(COc2cnc(C)nc2C)C[C@H]1C(=O)Nc1cc(OC)c(F)cn1. The minimum atomic E-state index is -0.575. The first kappa shape index (κ1) is 19.0. The molecule has 0 saturated heterocycles. The van der Waals surface area contributed by atoms with Gasteiger partial charge in [-0.25, -0.2) is 19.3 Å². The number of aromatic nitrogens is 3. The van der Waals surface area contributed by atoms with Gasteiger partial charge in [-0.3, -0.25) is 4.79 Å². The van der Waals surface area contributed by atoms with Gasteiger partial charge in [0.2, 0.25) is 5.91 Å². The molecular weight excluding hydrogens is 351 g/mol. The summed E-state index contributed by atoms with van der Waals surface area (Å²) in [6.07, 6.45) is 4.21. The highest BCUT2D eigenvalue weighted by atomic mass is 19.1. The van der Waals surface area contributed by atoms with E-state index in [1.165, 1.54) is 13.2 Å². The summed E-state index contributed by atoms with van der Waals surface area (Å²) in [6.45, 7) is 6.14. The number of rotatable bonds is 7. The van der Waals surface area contributed by atoms with E-state index in [-0.39, 0.29) is 28.8 Å². The van der Waals surface area contributed by atoms with Gasteiger partial charge in [-0.05, 0) is 26.7 Å². The Morgan fingerprint density at radius 2 is 2.11 bits per heavy atom. The van der Waals surface area contributed by atoms with Gasteiger partial charge in [-0.15, -0.1) is 0 Å². The summed E-state index contributed by atoms with van der Waals surface area (Å²) in [5.41, 5.74) is 0.545. The summed E-state index contributed by atoms with van der Waals surface area (Å²) >= 11 is 0. The van der Waals surface area contributed by atoms with Gasteiger partial charge in [0.25, 0.3) is 0 Å². The molecule has 2 heterocycles. The van der Waals surface area contributed by atoms with Crippen molar-refractivity contribution < 1.29 is 18.7 Å². The summed E-state index contributed by atoms with van der Waals surface area (Å²) in [7, 11) is 1.36. The normalized spacial score (nSPS) is 20.9. The molecule has 1 fully saturated rings. The highest BCUT2D eigenvalue weighted by molar-refractivity contribution is 5.94. The van der Waals surface area contributed by atoms with Crippen LogP contribution in [0.2, 0.25) is 0 Å². The molecule has 27 heavy (non-hydrogen) atoms. The van der Waals surface area contributed by atoms with E-state index in [1.807, 2.05) is 20.8 Å². The molecule has 0 bridgehead atoms. The smallest absolute Gasteiger partial charge is 0.229 e. The zero-order valence-corrected chi connectivity index (χ0v) is 15.9. The number of pyridine rings is 1. The van der Waals surface area contributed by atoms with Crippen molar-refractivity contribution in [2.75, 3.05) is 19.0 Å². The number of hydrogen-bond acceptors (Lipinski definition) is 6. The molecule has 0 aromatic carbocycles. The molecule has 0 spiro atoms. The molecule has 1 saturated carbocycles. The van der Waals surface area contributed by atoms with Crippen molar-refractivity contribution in [2.45, 2.75) is 33.6 Å². The number of nitrogens with zero attached hydrogens (tertiary/aromatic N) is 3. The number of anilines is 1. The fraction of sp³-hybridized carbons (Fsp3) is 0.474. The Morgan fingerprint density at radius 1 is 1.33 bits per heavy atom. The monoisotopic (exact) mass is 374 g/mol. The van der Waals surface area contributed by atoms with Crippen LogP contribution in [0, 0.1) is 31.0 Å². The number of amides is 1. The quantitative estimate of drug-likeness (QED) is 0.802. The topological polar surface area (TPSA) is 86.2 Å². The third-order valence-corrected chi connectivity index (χ3v) is 5.07. The molecule has 1 aliphatic carbocycles. The molecule has 0 aliphatic heterocycles. The van der Waals surface area contributed by atoms with Gasteiger partial charge in [-0.1, -0.05) is 6.92 Å². The van der Waals surface area contributed by atoms with E-state index >= 15 is 0 Å². The third kappa shape index (κ3) is 3.99. The van der Waals surface area contributed by atoms with Gasteiger partial charge in [0, 0.05) is 17.4 Å². The molecule has 144 valence electrons. The minimum absolute atomic E-state index is 0.0380. The van der Waals surface area contributed by atoms with Crippen molar-refractivity contribution in [3.05, 3.63) is 35.8 Å². The molecule has 1 amide bonds. The number of ether oxygens (including phenoxy) is 2. The van der Waals surface area contributed by atoms with E-state index in [1.54, 1.807) is 6.20 Å². The number of nitrogens with one attached hydrogen (secondary N) is 1. The van der Waals surface area contributed by atoms with Crippen LogP contribution in [0.4, 0.5) is 10.2 Å². The second kappa shape index (κ2) is 7.46. The van der Waals surface area contributed by atoms with Crippen LogP contribution in [-0.2, 0) is 4.79 Å². The third-order valence-electron chi connectivity index (χ3n) is 5.07. The van der Waals surface area contributed by atoms with Crippen molar-refractivity contribution >= 4 is 11.7 Å². The fourth-order valence-electron chi connectivity index (χ4n) is 3.16. The Hall–Kier alpha value is -2.77. The Labute approximate surface area is 157 Å². The van der Waals surface area contributed by atoms with E-state index in [9.17, 15) is 9.18 Å². The zero-order valence-electron chi connectivity index (χ0n) is 15.9. The molecule has 1 N–H and O–H groups in total. The fourth-order valence-corrected chi connectivity index (χ4v) is 3.16. The van der Waals surface area contributed by atoms with Gasteiger partial charge in [-0.2, -0.15) is 0 Å². The number of hydrogen-bond donors (Lipinski definition) is 1. The summed E-state index contributed by atoms with van der Waals surface area (Å²) < 4.78 is 24.3. The summed E-state index contributed by atoms with van der Waals surface area (Å²) in [5, 5.41) is 2.73. The predicted octanol–water partition coefficient (Wildman–Crippen LogP) is 3.07. The second-order valence-corrected chi connectivity index (χ2v) is 6.82. The second-order valence-electron chi connectivity index (χ2n) is 6.82. The molecule has 1 aliphatic rings. The molecule has 2 atom stereocenters. The van der Waals surface area contributed by atoms with Gasteiger partial charge in [0.05, 0.1) is 31.8 Å². The number of carbonyl (C=O) groups excluding carboxylic acids is 1. The van der Waals surface area contributed by atoms with Crippen molar-refractivity contribution in [1.82, 2.24) is 15.0 Å². The van der Waals surface area contributed by atoms with E-state index in [4.69, 9.17) is 9.47 Å². The average molecular weight is 374 g/mol. The van der Waals surface area contributed by atoms with Crippen molar-refractivity contribution in [3.8, 4) is 11.5 Å². The maximum atomic E-state index is 13.4. The number of halogens is 1. The Bertz CT molecular complexity index is 861. The molecule has 3 rings (SSSR count). The lowest BCUT2D eigenvalue weighted by atomic mass is 10.0. The van der Waals surface area contributed by atoms with Gasteiger partial charge in [0.15, 0.2) is 17.3 Å². The minimum Gasteiger partial charge on any atom is -0.493 e. The van der Waals surface area contributed by atoms with Crippen molar-refractivity contribution in [1.29, 1.82) is 0 Å². The average Bonchev–Trinajstić information content (AvgIpc) is 3.38. The van der Waals surface area contributed by atoms with Crippen molar-refractivity contribution in [2.24, 2.45) is 11.3 Å². The maximum Gasteiger partial charge on any atom is 0.229 e. The highest BCUT2D eigenvalue weighted by Crippen LogP contribution is 2.55. The van der Waals surface area contributed by atoms with E-state index in [2.05, 4.69) is 20.3 Å². The number of carbonyl (C=O) groups is 1. The van der Waals surface area contributed by atoms with Crippen LogP contribution in [0.3, 0.4) is 0 Å². The zero-order chi connectivity index (χ0) is 19.6. The Kier molecular flexibility index (Phi) is 5.25. The first-order chi connectivity index (χ1) is 12.9. The van der Waals surface area contributed by atoms with Crippen LogP contribution in [0.5, 0.6) is 11.5 Å². The molecule has 0 unspecified atom stereocenters. The van der Waals surface area contributed by atoms with E-state index < -0.39 is 5.82 Å². The summed E-state index contributed by atoms with van der Waals surface area (Å²) in [6, 6.07) is 1.37. The molecular formula is C19H23FN4O3. The highest BCUT2D eigenvalue weighted by Gasteiger charge is 2.57. The molecule has 2 aromatic heterocycles. The van der Waals surface area contributed by atoms with Gasteiger partial charge < -0.3 is 14.8 Å². The molecule has 2 aromatic rings. The summed E-state index contributed by atoms with van der Waals surface area (Å²) in [5.74, 6) is 0.703. The van der Waals surface area contributed by atoms with Gasteiger partial charge >= 0.3 is 0 Å².